The highest BCUT2D eigenvalue weighted by Gasteiger charge is 2.36. The zero-order valence-electron chi connectivity index (χ0n) is 10.0. The van der Waals surface area contributed by atoms with Crippen LogP contribution in [0.5, 0.6) is 0 Å². The van der Waals surface area contributed by atoms with E-state index in [0.717, 1.165) is 5.56 Å². The van der Waals surface area contributed by atoms with Gasteiger partial charge in [0, 0.05) is 0 Å². The van der Waals surface area contributed by atoms with Crippen molar-refractivity contribution in [2.75, 3.05) is 0 Å². The summed E-state index contributed by atoms with van der Waals surface area (Å²) in [7, 11) is 0. The van der Waals surface area contributed by atoms with Crippen LogP contribution in [-0.2, 0) is 16.1 Å². The van der Waals surface area contributed by atoms with E-state index in [1.165, 1.54) is 0 Å². The van der Waals surface area contributed by atoms with Crippen molar-refractivity contribution in [2.45, 2.75) is 32.5 Å². The van der Waals surface area contributed by atoms with Gasteiger partial charge in [-0.3, -0.25) is 4.79 Å². The normalized spacial score (nSPS) is 28.0. The Kier molecular flexibility index (Phi) is 3.79. The summed E-state index contributed by atoms with van der Waals surface area (Å²) >= 11 is 0. The Hall–Kier alpha value is -1.35. The molecule has 3 atom stereocenters. The molecule has 92 valence electrons. The highest BCUT2D eigenvalue weighted by Crippen LogP contribution is 2.32. The zero-order chi connectivity index (χ0) is 12.3. The van der Waals surface area contributed by atoms with Gasteiger partial charge in [0.25, 0.3) is 0 Å². The molecule has 3 heteroatoms. The Morgan fingerprint density at radius 2 is 2.06 bits per heavy atom. The van der Waals surface area contributed by atoms with Gasteiger partial charge in [0.1, 0.15) is 6.61 Å². The van der Waals surface area contributed by atoms with Crippen molar-refractivity contribution in [2.24, 2.45) is 11.8 Å². The molecule has 0 heterocycles. The molecular formula is C14H18O3. The van der Waals surface area contributed by atoms with Gasteiger partial charge in [-0.15, -0.1) is 0 Å². The lowest BCUT2D eigenvalue weighted by Crippen LogP contribution is -2.20. The lowest BCUT2D eigenvalue weighted by molar-refractivity contribution is -0.151. The van der Waals surface area contributed by atoms with Crippen molar-refractivity contribution < 1.29 is 14.6 Å². The molecule has 1 N–H and O–H groups in total. The van der Waals surface area contributed by atoms with Crippen molar-refractivity contribution in [1.29, 1.82) is 0 Å². The fraction of sp³-hybridized carbons (Fsp3) is 0.500. The minimum atomic E-state index is -0.348. The number of hydrogen-bond acceptors (Lipinski definition) is 3. The first-order chi connectivity index (χ1) is 8.16. The van der Waals surface area contributed by atoms with Crippen molar-refractivity contribution >= 4 is 5.97 Å². The van der Waals surface area contributed by atoms with Crippen LogP contribution >= 0.6 is 0 Å². The van der Waals surface area contributed by atoms with Crippen LogP contribution < -0.4 is 0 Å². The average molecular weight is 234 g/mol. The lowest BCUT2D eigenvalue weighted by atomic mass is 9.99. The zero-order valence-corrected chi connectivity index (χ0v) is 10.0. The standard InChI is InChI=1S/C14H18O3/c1-10-7-12(15)8-13(10)14(16)17-9-11-5-3-2-4-6-11/h2-6,10,12-13,15H,7-9H2,1H3/t10-,12+,13-/m1/s1. The van der Waals surface area contributed by atoms with Crippen LogP contribution in [0.15, 0.2) is 30.3 Å². The van der Waals surface area contributed by atoms with Crippen LogP contribution in [0.25, 0.3) is 0 Å². The molecule has 1 fully saturated rings. The maximum absolute atomic E-state index is 11.8. The first-order valence-electron chi connectivity index (χ1n) is 6.05. The molecule has 0 aliphatic heterocycles. The van der Waals surface area contributed by atoms with Gasteiger partial charge in [-0.25, -0.2) is 0 Å². The summed E-state index contributed by atoms with van der Waals surface area (Å²) in [5.41, 5.74) is 0.993. The van der Waals surface area contributed by atoms with Crippen LogP contribution in [0.2, 0.25) is 0 Å². The Morgan fingerprint density at radius 3 is 2.65 bits per heavy atom. The molecule has 0 unspecified atom stereocenters. The van der Waals surface area contributed by atoms with E-state index < -0.39 is 0 Å². The molecule has 1 aliphatic carbocycles. The number of rotatable bonds is 3. The second-order valence-electron chi connectivity index (χ2n) is 4.80. The van der Waals surface area contributed by atoms with E-state index in [2.05, 4.69) is 0 Å². The third kappa shape index (κ3) is 3.07. The summed E-state index contributed by atoms with van der Waals surface area (Å²) in [6.07, 6.45) is 0.888. The quantitative estimate of drug-likeness (QED) is 0.815. The number of aliphatic hydroxyl groups is 1. The second kappa shape index (κ2) is 5.32. The predicted molar refractivity (Wildman–Crippen MR) is 64.1 cm³/mol. The van der Waals surface area contributed by atoms with Gasteiger partial charge in [0.05, 0.1) is 12.0 Å². The molecule has 0 bridgehead atoms. The first-order valence-corrected chi connectivity index (χ1v) is 6.05. The Balaban J connectivity index is 1.86. The van der Waals surface area contributed by atoms with Gasteiger partial charge in [-0.1, -0.05) is 37.3 Å². The van der Waals surface area contributed by atoms with E-state index in [0.29, 0.717) is 19.4 Å². The maximum Gasteiger partial charge on any atom is 0.309 e. The number of ether oxygens (including phenoxy) is 1. The van der Waals surface area contributed by atoms with Crippen LogP contribution in [0.4, 0.5) is 0 Å². The maximum atomic E-state index is 11.8. The van der Waals surface area contributed by atoms with Crippen molar-refractivity contribution in [3.63, 3.8) is 0 Å². The van der Waals surface area contributed by atoms with Crippen LogP contribution in [0.3, 0.4) is 0 Å². The molecule has 0 aromatic heterocycles. The summed E-state index contributed by atoms with van der Waals surface area (Å²) in [5.74, 6) is -0.111. The van der Waals surface area contributed by atoms with E-state index >= 15 is 0 Å². The fourth-order valence-electron chi connectivity index (χ4n) is 2.38. The molecule has 1 aromatic rings. The molecule has 0 radical (unpaired) electrons. The van der Waals surface area contributed by atoms with Crippen LogP contribution in [0.1, 0.15) is 25.3 Å². The van der Waals surface area contributed by atoms with Gasteiger partial charge in [-0.05, 0) is 24.3 Å². The summed E-state index contributed by atoms with van der Waals surface area (Å²) in [4.78, 5) is 11.8. The van der Waals surface area contributed by atoms with Gasteiger partial charge >= 0.3 is 5.97 Å². The number of carbonyl (C=O) groups is 1. The summed E-state index contributed by atoms with van der Waals surface area (Å²) in [5, 5.41) is 9.50. The first kappa shape index (κ1) is 12.1. The summed E-state index contributed by atoms with van der Waals surface area (Å²) in [6.45, 7) is 2.31. The van der Waals surface area contributed by atoms with E-state index in [4.69, 9.17) is 4.74 Å². The molecule has 0 saturated heterocycles. The molecule has 17 heavy (non-hydrogen) atoms. The monoisotopic (exact) mass is 234 g/mol. The molecule has 2 rings (SSSR count). The molecule has 3 nitrogen and oxygen atoms in total. The number of esters is 1. The topological polar surface area (TPSA) is 46.5 Å². The fourth-order valence-corrected chi connectivity index (χ4v) is 2.38. The molecule has 0 spiro atoms. The minimum absolute atomic E-state index is 0.145. The Bertz CT molecular complexity index is 374. The lowest BCUT2D eigenvalue weighted by Gasteiger charge is -2.13. The highest BCUT2D eigenvalue weighted by molar-refractivity contribution is 5.73. The third-order valence-electron chi connectivity index (χ3n) is 3.38. The minimum Gasteiger partial charge on any atom is -0.461 e. The van der Waals surface area contributed by atoms with Crippen molar-refractivity contribution in [3.05, 3.63) is 35.9 Å². The number of hydrogen-bond donors (Lipinski definition) is 1. The van der Waals surface area contributed by atoms with Crippen molar-refractivity contribution in [1.82, 2.24) is 0 Å². The van der Waals surface area contributed by atoms with Gasteiger partial charge in [0.15, 0.2) is 0 Å². The smallest absolute Gasteiger partial charge is 0.309 e. The molecule has 1 aliphatic rings. The van der Waals surface area contributed by atoms with E-state index in [-0.39, 0.29) is 23.9 Å². The molecule has 1 aromatic carbocycles. The predicted octanol–water partition coefficient (Wildman–Crippen LogP) is 2.14. The second-order valence-corrected chi connectivity index (χ2v) is 4.80. The summed E-state index contributed by atoms with van der Waals surface area (Å²) < 4.78 is 5.28. The molecular weight excluding hydrogens is 216 g/mol. The van der Waals surface area contributed by atoms with E-state index in [9.17, 15) is 9.90 Å². The van der Waals surface area contributed by atoms with E-state index in [1.807, 2.05) is 37.3 Å². The van der Waals surface area contributed by atoms with Crippen LogP contribution in [0, 0.1) is 11.8 Å². The van der Waals surface area contributed by atoms with Crippen molar-refractivity contribution in [3.8, 4) is 0 Å². The number of carbonyl (C=O) groups excluding carboxylic acids is 1. The van der Waals surface area contributed by atoms with Gasteiger partial charge in [0.2, 0.25) is 0 Å². The van der Waals surface area contributed by atoms with Crippen LogP contribution in [-0.4, -0.2) is 17.2 Å². The number of aliphatic hydroxyl groups excluding tert-OH is 1. The summed E-state index contributed by atoms with van der Waals surface area (Å²) in [6, 6.07) is 9.64. The molecule has 1 saturated carbocycles. The van der Waals surface area contributed by atoms with Gasteiger partial charge < -0.3 is 9.84 Å². The molecule has 0 amide bonds. The Morgan fingerprint density at radius 1 is 1.35 bits per heavy atom. The van der Waals surface area contributed by atoms with E-state index in [1.54, 1.807) is 0 Å². The highest BCUT2D eigenvalue weighted by atomic mass is 16.5. The Labute approximate surface area is 101 Å². The van der Waals surface area contributed by atoms with Gasteiger partial charge in [-0.2, -0.15) is 0 Å². The average Bonchev–Trinajstić information content (AvgIpc) is 2.67. The number of benzene rings is 1. The third-order valence-corrected chi connectivity index (χ3v) is 3.38. The largest absolute Gasteiger partial charge is 0.461 e. The SMILES string of the molecule is C[C@@H]1C[C@H](O)C[C@H]1C(=O)OCc1ccccc1.